The number of nitrogens with one attached hydrogen (secondary N) is 2. The van der Waals surface area contributed by atoms with Gasteiger partial charge in [-0.05, 0) is 23.5 Å². The van der Waals surface area contributed by atoms with Gasteiger partial charge in [0.05, 0.1) is 12.7 Å². The lowest BCUT2D eigenvalue weighted by Crippen LogP contribution is -2.66. The van der Waals surface area contributed by atoms with Crippen LogP contribution in [0.25, 0.3) is 0 Å². The van der Waals surface area contributed by atoms with Crippen molar-refractivity contribution in [2.75, 3.05) is 13.2 Å². The summed E-state index contributed by atoms with van der Waals surface area (Å²) in [4.78, 5) is 48.6. The van der Waals surface area contributed by atoms with Crippen LogP contribution in [0.15, 0.2) is 48.9 Å². The van der Waals surface area contributed by atoms with E-state index in [1.165, 1.54) is 18.6 Å². The molecular formula is C24H31BN5O5-. The maximum absolute atomic E-state index is 13.6. The van der Waals surface area contributed by atoms with Crippen LogP contribution in [0, 0.1) is 5.92 Å². The Morgan fingerprint density at radius 3 is 2.66 bits per heavy atom. The molecule has 10 nitrogen and oxygen atoms in total. The number of amides is 2. The van der Waals surface area contributed by atoms with Crippen LogP contribution in [0.5, 0.6) is 0 Å². The Balaban J connectivity index is 1.58. The van der Waals surface area contributed by atoms with E-state index >= 15 is 0 Å². The summed E-state index contributed by atoms with van der Waals surface area (Å²) in [5, 5.41) is 5.86. The van der Waals surface area contributed by atoms with Crippen molar-refractivity contribution in [3.63, 3.8) is 0 Å². The molecule has 2 aromatic rings. The highest BCUT2D eigenvalue weighted by atomic mass is 16.7. The van der Waals surface area contributed by atoms with E-state index in [-0.39, 0.29) is 42.5 Å². The predicted molar refractivity (Wildman–Crippen MR) is 129 cm³/mol. The normalized spacial score (nSPS) is 23.4. The lowest BCUT2D eigenvalue weighted by molar-refractivity contribution is -0.133. The number of fused-ring (bicyclic) bond motifs is 1. The summed E-state index contributed by atoms with van der Waals surface area (Å²) < 4.78 is 11.8. The highest BCUT2D eigenvalue weighted by Crippen LogP contribution is 2.34. The van der Waals surface area contributed by atoms with Crippen LogP contribution >= 0.6 is 0 Å². The minimum Gasteiger partial charge on any atom is -0.651 e. The Hall–Kier alpha value is -3.31. The Morgan fingerprint density at radius 1 is 1.20 bits per heavy atom. The molecule has 1 unspecified atom stereocenters. The summed E-state index contributed by atoms with van der Waals surface area (Å²) >= 11 is 0. The molecule has 2 aliphatic rings. The minimum atomic E-state index is -2.19. The molecular weight excluding hydrogens is 449 g/mol. The largest absolute Gasteiger partial charge is 0.651 e. The zero-order valence-corrected chi connectivity index (χ0v) is 20.2. The van der Waals surface area contributed by atoms with Crippen molar-refractivity contribution in [1.29, 1.82) is 0 Å². The SMILES string of the molecule is CC(C)C[C@H](NC(=O)[C@H](Cc1ccccc1)NC(=O)c1cnccn1)[B-]12OC[C@H](C)N1CC(=O)O2. The third-order valence-corrected chi connectivity index (χ3v) is 6.48. The predicted octanol–water partition coefficient (Wildman–Crippen LogP) is 1.10. The Kier molecular flexibility index (Phi) is 7.46. The van der Waals surface area contributed by atoms with Crippen molar-refractivity contribution in [1.82, 2.24) is 25.4 Å². The summed E-state index contributed by atoms with van der Waals surface area (Å²) in [6.07, 6.45) is 5.05. The van der Waals surface area contributed by atoms with Crippen LogP contribution < -0.4 is 10.6 Å². The van der Waals surface area contributed by atoms with Gasteiger partial charge in [0.25, 0.3) is 11.9 Å². The van der Waals surface area contributed by atoms with Crippen molar-refractivity contribution in [3.8, 4) is 0 Å². The van der Waals surface area contributed by atoms with Crippen molar-refractivity contribution < 1.29 is 23.7 Å². The number of benzene rings is 1. The first kappa shape index (κ1) is 24.8. The van der Waals surface area contributed by atoms with E-state index in [4.69, 9.17) is 9.31 Å². The van der Waals surface area contributed by atoms with Crippen LogP contribution in [-0.4, -0.2) is 70.4 Å². The average molecular weight is 480 g/mol. The molecule has 1 aromatic heterocycles. The molecule has 0 bridgehead atoms. The summed E-state index contributed by atoms with van der Waals surface area (Å²) in [6.45, 7) is 4.38. The zero-order valence-electron chi connectivity index (χ0n) is 20.2. The van der Waals surface area contributed by atoms with Crippen LogP contribution in [0.1, 0.15) is 43.2 Å². The molecule has 1 aromatic carbocycles. The fourth-order valence-corrected chi connectivity index (χ4v) is 4.85. The van der Waals surface area contributed by atoms with Gasteiger partial charge in [-0.25, -0.2) is 4.98 Å². The molecule has 35 heavy (non-hydrogen) atoms. The van der Waals surface area contributed by atoms with E-state index in [1.807, 2.05) is 55.9 Å². The first-order chi connectivity index (χ1) is 16.8. The molecule has 0 radical (unpaired) electrons. The van der Waals surface area contributed by atoms with Crippen LogP contribution in [0.2, 0.25) is 0 Å². The van der Waals surface area contributed by atoms with Gasteiger partial charge in [0.2, 0.25) is 5.91 Å². The van der Waals surface area contributed by atoms with E-state index in [2.05, 4.69) is 20.6 Å². The fraction of sp³-hybridized carbons (Fsp3) is 0.458. The molecule has 4 atom stereocenters. The Morgan fingerprint density at radius 2 is 1.97 bits per heavy atom. The first-order valence-corrected chi connectivity index (χ1v) is 12.0. The number of hydrogen-bond acceptors (Lipinski definition) is 8. The molecule has 2 amide bonds. The van der Waals surface area contributed by atoms with E-state index in [0.29, 0.717) is 13.0 Å². The van der Waals surface area contributed by atoms with Crippen LogP contribution in [0.3, 0.4) is 0 Å². The lowest BCUT2D eigenvalue weighted by Gasteiger charge is -2.44. The molecule has 3 heterocycles. The highest BCUT2D eigenvalue weighted by molar-refractivity contribution is 6.70. The highest BCUT2D eigenvalue weighted by Gasteiger charge is 2.55. The molecule has 0 spiro atoms. The summed E-state index contributed by atoms with van der Waals surface area (Å²) in [5.41, 5.74) is 1.000. The average Bonchev–Trinajstić information content (AvgIpc) is 3.34. The molecule has 0 aliphatic carbocycles. The van der Waals surface area contributed by atoms with E-state index in [9.17, 15) is 14.4 Å². The van der Waals surface area contributed by atoms with E-state index < -0.39 is 24.6 Å². The topological polar surface area (TPSA) is 123 Å². The summed E-state index contributed by atoms with van der Waals surface area (Å²) in [5.74, 6) is -1.63. The van der Waals surface area contributed by atoms with Gasteiger partial charge in [-0.2, -0.15) is 0 Å². The third-order valence-electron chi connectivity index (χ3n) is 6.48. The zero-order chi connectivity index (χ0) is 25.0. The summed E-state index contributed by atoms with van der Waals surface area (Å²) in [6, 6.07) is 8.53. The van der Waals surface area contributed by atoms with Crippen molar-refractivity contribution >= 4 is 24.5 Å². The third kappa shape index (κ3) is 5.52. The van der Waals surface area contributed by atoms with Gasteiger partial charge in [-0.3, -0.25) is 19.4 Å². The van der Waals surface area contributed by atoms with E-state index in [0.717, 1.165) is 5.56 Å². The first-order valence-electron chi connectivity index (χ1n) is 12.0. The second-order valence-electron chi connectivity index (χ2n) is 9.62. The summed E-state index contributed by atoms with van der Waals surface area (Å²) in [7, 11) is 0. The Labute approximate surface area is 204 Å². The van der Waals surface area contributed by atoms with Gasteiger partial charge in [-0.1, -0.05) is 57.5 Å². The number of hydrogen-bond donors (Lipinski definition) is 2. The smallest absolute Gasteiger partial charge is 0.396 e. The van der Waals surface area contributed by atoms with Crippen molar-refractivity contribution in [2.24, 2.45) is 5.92 Å². The maximum atomic E-state index is 13.6. The number of nitrogens with zero attached hydrogens (tertiary/aromatic N) is 3. The van der Waals surface area contributed by atoms with Gasteiger partial charge in [0.1, 0.15) is 11.7 Å². The molecule has 4 rings (SSSR count). The second-order valence-corrected chi connectivity index (χ2v) is 9.62. The molecule has 2 fully saturated rings. The van der Waals surface area contributed by atoms with Crippen molar-refractivity contribution in [2.45, 2.75) is 51.6 Å². The van der Waals surface area contributed by atoms with Crippen LogP contribution in [0.4, 0.5) is 0 Å². The molecule has 2 N–H and O–H groups in total. The second kappa shape index (κ2) is 10.5. The standard InChI is InChI=1S/C24H31BN5O5/c1-16(2)11-21(25-30(14-22(31)35-25)17(3)15-34-25)29-23(32)19(12-18-7-5-4-6-8-18)28-24(33)20-13-26-9-10-27-20/h4-10,13,16-17,19,21H,11-12,14-15H2,1-3H3,(H,28,33)(H,29,32)/q-1/t17-,19-,21-,25?/m0/s1. The van der Waals surface area contributed by atoms with Gasteiger partial charge >= 0.3 is 6.69 Å². The lowest BCUT2D eigenvalue weighted by atomic mass is 9.59. The number of carbonyl (C=O) groups is 3. The minimum absolute atomic E-state index is 0.00973. The molecule has 2 saturated heterocycles. The van der Waals surface area contributed by atoms with Gasteiger partial charge in [0.15, 0.2) is 0 Å². The van der Waals surface area contributed by atoms with Gasteiger partial charge in [-0.15, -0.1) is 0 Å². The fourth-order valence-electron chi connectivity index (χ4n) is 4.85. The number of rotatable bonds is 9. The van der Waals surface area contributed by atoms with E-state index in [1.54, 1.807) is 0 Å². The Bertz CT molecular complexity index is 1060. The van der Waals surface area contributed by atoms with Crippen molar-refractivity contribution in [3.05, 3.63) is 60.2 Å². The number of carbonyl (C=O) groups excluding carboxylic acids is 3. The van der Waals surface area contributed by atoms with Gasteiger partial charge < -0.3 is 24.8 Å². The molecule has 11 heteroatoms. The monoisotopic (exact) mass is 480 g/mol. The molecule has 186 valence electrons. The maximum Gasteiger partial charge on any atom is 0.396 e. The molecule has 2 aliphatic heterocycles. The van der Waals surface area contributed by atoms with Gasteiger partial charge in [0, 0.05) is 25.4 Å². The van der Waals surface area contributed by atoms with Crippen LogP contribution in [-0.2, 0) is 25.3 Å². The number of aromatic nitrogens is 2. The quantitative estimate of drug-likeness (QED) is 0.512. The molecule has 0 saturated carbocycles.